The summed E-state index contributed by atoms with van der Waals surface area (Å²) in [7, 11) is 10.3. The molecule has 31 heteroatoms. The smallest absolute Gasteiger partial charge is 1.00 e. The Hall–Kier alpha value is -8.02. The van der Waals surface area contributed by atoms with E-state index in [-0.39, 0.29) is 139 Å². The van der Waals surface area contributed by atoms with Gasteiger partial charge in [0.2, 0.25) is 0 Å². The maximum absolute atomic E-state index is 12.4. The zero-order chi connectivity index (χ0) is 75.5. The number of alkyl halides is 3. The van der Waals surface area contributed by atoms with Crippen molar-refractivity contribution in [1.82, 2.24) is 0 Å². The van der Waals surface area contributed by atoms with E-state index in [0.29, 0.717) is 56.0 Å². The minimum absolute atomic E-state index is 0. The molecule has 1 N–H and O–H groups in total. The molecule has 0 aliphatic heterocycles. The number of carbonyl (C=O) groups excluding carboxylic acids is 2. The van der Waals surface area contributed by atoms with Crippen LogP contribution in [0.2, 0.25) is 39.3 Å². The number of hydrogen-bond donors (Lipinski definition) is 1. The van der Waals surface area contributed by atoms with Crippen molar-refractivity contribution in [3.63, 3.8) is 0 Å². The second kappa shape index (κ2) is 39.6. The molecule has 0 aliphatic carbocycles. The van der Waals surface area contributed by atoms with Gasteiger partial charge in [0.15, 0.2) is 11.5 Å². The van der Waals surface area contributed by atoms with E-state index in [4.69, 9.17) is 45.0 Å². The molecule has 0 aliphatic rings. The fraction of sp³-hybridized carbons (Fsp3) is 0.254. The quantitative estimate of drug-likeness (QED) is 0.0236. The molecule has 0 saturated heterocycles. The molecular weight excluding hydrogens is 1430 g/mol. The number of rotatable bonds is 9. The van der Waals surface area contributed by atoms with Crippen molar-refractivity contribution in [2.45, 2.75) is 51.7 Å². The summed E-state index contributed by atoms with van der Waals surface area (Å²) in [6, 6.07) is 32.0. The second-order valence-electron chi connectivity index (χ2n) is 24.5. The minimum atomic E-state index is -5.88. The first kappa shape index (κ1) is 90.1. The van der Waals surface area contributed by atoms with Crippen LogP contribution in [0.4, 0.5) is 41.6 Å². The van der Waals surface area contributed by atoms with Gasteiger partial charge in [0.05, 0.1) is 22.9 Å². The molecule has 0 atom stereocenters. The summed E-state index contributed by atoms with van der Waals surface area (Å²) in [5.74, 6) is 4.71. The molecule has 5 aromatic heterocycles. The van der Waals surface area contributed by atoms with Gasteiger partial charge in [-0.3, -0.25) is 9.59 Å². The van der Waals surface area contributed by atoms with E-state index in [9.17, 15) is 55.5 Å². The van der Waals surface area contributed by atoms with Crippen molar-refractivity contribution in [2.75, 3.05) is 95.0 Å². The number of nitrogens with zero attached hydrogens (tertiary/aromatic N) is 5. The summed E-state index contributed by atoms with van der Waals surface area (Å²) in [6.07, 6.45) is 10.5. The van der Waals surface area contributed by atoms with Crippen molar-refractivity contribution in [3.8, 4) is 47.3 Å². The van der Waals surface area contributed by atoms with Gasteiger partial charge in [0.1, 0.15) is 49.8 Å². The maximum atomic E-state index is 12.4. The van der Waals surface area contributed by atoms with Crippen LogP contribution in [-0.2, 0) is 19.8 Å². The molecule has 0 radical (unpaired) electrons. The van der Waals surface area contributed by atoms with Crippen molar-refractivity contribution >= 4 is 122 Å². The Bertz CT molecular complexity index is 5220. The van der Waals surface area contributed by atoms with E-state index in [2.05, 4.69) is 71.3 Å². The average Bonchev–Trinajstić information content (AvgIpc) is 0.807. The number of fused-ring (bicyclic) bond motifs is 5. The van der Waals surface area contributed by atoms with Gasteiger partial charge in [-0.05, 0) is 67.6 Å². The molecule has 10 aromatic rings. The number of anilines is 5. The van der Waals surface area contributed by atoms with Gasteiger partial charge in [-0.15, -0.1) is 23.9 Å². The van der Waals surface area contributed by atoms with E-state index in [0.717, 1.165) is 45.2 Å². The summed E-state index contributed by atoms with van der Waals surface area (Å²) in [6.45, 7) is 14.2. The van der Waals surface area contributed by atoms with Crippen molar-refractivity contribution in [1.29, 1.82) is 0 Å². The molecular formula is C71H76F3K2N5O18SSi2. The fourth-order valence-electron chi connectivity index (χ4n) is 8.10. The third-order valence-electron chi connectivity index (χ3n) is 13.2. The molecule has 23 nitrogen and oxygen atoms in total. The molecule has 0 fully saturated rings. The Morgan fingerprint density at radius 1 is 0.520 bits per heavy atom. The third-order valence-corrected chi connectivity index (χ3v) is 15.9. The summed E-state index contributed by atoms with van der Waals surface area (Å²) in [5.41, 5.74) is 5.55. The molecule has 0 amide bonds. The van der Waals surface area contributed by atoms with Crippen LogP contribution < -0.4 is 165 Å². The van der Waals surface area contributed by atoms with Crippen molar-refractivity contribution in [3.05, 3.63) is 190 Å². The van der Waals surface area contributed by atoms with E-state index in [1.807, 2.05) is 118 Å². The molecule has 530 valence electrons. The molecule has 102 heavy (non-hydrogen) atoms. The Balaban J connectivity index is 0.000000621. The Morgan fingerprint density at radius 3 is 1.17 bits per heavy atom. The number of Topliss-reactive ketones (excluding diaryl/α,β-unsaturated/α-hetero) is 1. The zero-order valence-electron chi connectivity index (χ0n) is 60.9. The standard InChI is InChI=1S/C16H19NO2Si.C13H13NO3.C13H11NO2.C12H10F3NO5S.C11H11NO3.C5H10Si.CH2O3.2K.H/c1-17(2)13-6-7-14-12(8-9-20(3,4)5)10-16(18)19-15(14)11-13;1-8(15)11-7-13(16)17-12-6-9(14(2)3)4-5-10(11)12;1-4-9-7-13(15)16-12-8-10(14(2)3)5-6-11(9)12;1-16(2)7-3-4-8-9(5-7)20-11(17)6-10(8)21-22(18,19)12(13,14)15;1-12(2)7-3-4-8-9(13)6-11(14)15-10(8)5-7;1-5-6(2,3)4;2-1-4-3;;;/h6-7,10-11H,1-5H3;4-7H,1-3H3;1,5-8H,2-3H3;3-6H,1-2H3;3-6,13H,1-2H3;1H,2-4H3;1,3H;;;/q;;;;;;;2*+1;-1/p-1. The van der Waals surface area contributed by atoms with E-state index < -0.39 is 60.0 Å². The van der Waals surface area contributed by atoms with E-state index in [1.165, 1.54) is 43.3 Å². The Morgan fingerprint density at radius 2 is 0.824 bits per heavy atom. The monoisotopic (exact) mass is 1510 g/mol. The molecule has 10 rings (SSSR count). The largest absolute Gasteiger partial charge is 1.00 e. The predicted octanol–water partition coefficient (Wildman–Crippen LogP) is 4.69. The summed E-state index contributed by atoms with van der Waals surface area (Å²) < 4.78 is 88.6. The van der Waals surface area contributed by atoms with Gasteiger partial charge in [0, 0.05) is 180 Å². The van der Waals surface area contributed by atoms with Crippen LogP contribution in [0.25, 0.3) is 54.8 Å². The average molecular weight is 1510 g/mol. The van der Waals surface area contributed by atoms with Crippen molar-refractivity contribution < 1.29 is 177 Å². The summed E-state index contributed by atoms with van der Waals surface area (Å²) in [5, 5.41) is 20.8. The maximum Gasteiger partial charge on any atom is 1.00 e. The number of hydrogen-bond acceptors (Lipinski definition) is 23. The van der Waals surface area contributed by atoms with Crippen LogP contribution in [0.1, 0.15) is 29.8 Å². The van der Waals surface area contributed by atoms with Crippen LogP contribution in [-0.4, -0.2) is 118 Å². The van der Waals surface area contributed by atoms with Crippen LogP contribution in [0.5, 0.6) is 11.5 Å². The van der Waals surface area contributed by atoms with Crippen LogP contribution >= 0.6 is 0 Å². The minimum Gasteiger partial charge on any atom is -1.00 e. The van der Waals surface area contributed by atoms with Crippen LogP contribution in [0.15, 0.2) is 167 Å². The first-order valence-corrected chi connectivity index (χ1v) is 38.0. The molecule has 5 aromatic carbocycles. The number of terminal acetylenes is 2. The first-order valence-electron chi connectivity index (χ1n) is 29.6. The van der Waals surface area contributed by atoms with Gasteiger partial charge in [0.25, 0.3) is 6.47 Å². The number of halogens is 3. The second-order valence-corrected chi connectivity index (χ2v) is 35.5. The number of aromatic hydroxyl groups is 1. The van der Waals surface area contributed by atoms with Crippen molar-refractivity contribution in [2.24, 2.45) is 0 Å². The number of ketones is 1. The van der Waals surface area contributed by atoms with Crippen LogP contribution in [0.3, 0.4) is 0 Å². The zero-order valence-corrected chi connectivity index (χ0v) is 69.0. The molecule has 5 heterocycles. The SMILES string of the molecule is C#C[Si](C)(C)C.C#Cc1cc(=O)oc2cc(N(C)C)ccc12.CC(=O)c1cc(=O)oc2cc(N(C)C)ccc12.CN(C)c1ccc2c(C#C[Si](C)(C)C)cc(=O)oc2c1.CN(C)c1ccc2c(O)cc(=O)oc2c1.CN(C)c1ccc2c(OS(=O)(=O)C(F)(F)F)cc(=O)oc2c1.O=CO[O-].[H-].[K+].[K+]. The Labute approximate surface area is 675 Å². The Kier molecular flexibility index (Phi) is 34.9. The molecule has 0 bridgehead atoms. The summed E-state index contributed by atoms with van der Waals surface area (Å²) >= 11 is 0. The van der Waals surface area contributed by atoms with Gasteiger partial charge in [-0.1, -0.05) is 51.1 Å². The molecule has 0 spiro atoms. The predicted molar refractivity (Wildman–Crippen MR) is 390 cm³/mol. The van der Waals surface area contributed by atoms with Gasteiger partial charge in [-0.2, -0.15) is 21.6 Å². The number of carbonyl (C=O) groups is 2. The fourth-order valence-corrected chi connectivity index (χ4v) is 9.08. The third kappa shape index (κ3) is 27.3. The van der Waals surface area contributed by atoms with Crippen LogP contribution in [0, 0.1) is 35.8 Å². The van der Waals surface area contributed by atoms with E-state index >= 15 is 0 Å². The van der Waals surface area contributed by atoms with Gasteiger partial charge >= 0.3 is 147 Å². The normalized spacial score (nSPS) is 10.5. The molecule has 0 saturated carbocycles. The number of benzene rings is 5. The topological polar surface area (TPSA) is 297 Å². The summed E-state index contributed by atoms with van der Waals surface area (Å²) in [4.78, 5) is 88.8. The first-order chi connectivity index (χ1) is 46.4. The van der Waals surface area contributed by atoms with Gasteiger partial charge in [-0.25, -0.2) is 24.0 Å². The van der Waals surface area contributed by atoms with Gasteiger partial charge < -0.3 is 67.4 Å². The molecule has 0 unspecified atom stereocenters. The van der Waals surface area contributed by atoms with E-state index in [1.54, 1.807) is 49.3 Å².